The molecule has 3 nitrogen and oxygen atoms in total. The number of carbonyl (C=O) groups is 1. The van der Waals surface area contributed by atoms with Crippen molar-refractivity contribution in [1.29, 1.82) is 0 Å². The molecular weight excluding hydrogens is 178 g/mol. The Morgan fingerprint density at radius 1 is 1.43 bits per heavy atom. The van der Waals surface area contributed by atoms with Gasteiger partial charge in [-0.2, -0.15) is 0 Å². The fraction of sp³-hybridized carbons (Fsp3) is 0.182. The quantitative estimate of drug-likeness (QED) is 0.786. The van der Waals surface area contributed by atoms with Gasteiger partial charge in [0, 0.05) is 10.9 Å². The average molecular weight is 189 g/mol. The minimum Gasteiger partial charge on any atom is -0.451 e. The summed E-state index contributed by atoms with van der Waals surface area (Å²) in [5.41, 5.74) is 6.84. The van der Waals surface area contributed by atoms with E-state index >= 15 is 0 Å². The summed E-state index contributed by atoms with van der Waals surface area (Å²) >= 11 is 0. The molecule has 0 spiro atoms. The van der Waals surface area contributed by atoms with Crippen LogP contribution in [0, 0.1) is 0 Å². The molecule has 0 atom stereocenters. The maximum absolute atomic E-state index is 11.1. The monoisotopic (exact) mass is 189 g/mol. The number of nitrogens with two attached hydrogens (primary N) is 1. The molecule has 1 aromatic carbocycles. The van der Waals surface area contributed by atoms with Gasteiger partial charge in [0.25, 0.3) is 5.91 Å². The molecule has 0 unspecified atom stereocenters. The van der Waals surface area contributed by atoms with Crippen LogP contribution < -0.4 is 5.73 Å². The molecule has 1 aromatic heterocycles. The summed E-state index contributed by atoms with van der Waals surface area (Å²) in [4.78, 5) is 11.1. The van der Waals surface area contributed by atoms with E-state index in [1.54, 1.807) is 0 Å². The van der Waals surface area contributed by atoms with Crippen molar-refractivity contribution >= 4 is 16.9 Å². The standard InChI is InChI=1S/C11H11NO2/c1-2-7-8-5-3-4-6-9(8)14-10(7)11(12)13/h3-6H,2H2,1H3,(H2,12,13). The van der Waals surface area contributed by atoms with Crippen molar-refractivity contribution < 1.29 is 9.21 Å². The van der Waals surface area contributed by atoms with Crippen molar-refractivity contribution in [2.45, 2.75) is 13.3 Å². The Kier molecular flexibility index (Phi) is 2.00. The molecule has 0 fully saturated rings. The third-order valence-corrected chi connectivity index (χ3v) is 2.28. The van der Waals surface area contributed by atoms with Gasteiger partial charge in [-0.05, 0) is 12.5 Å². The average Bonchev–Trinajstić information content (AvgIpc) is 2.56. The van der Waals surface area contributed by atoms with Gasteiger partial charge in [0.15, 0.2) is 5.76 Å². The summed E-state index contributed by atoms with van der Waals surface area (Å²) in [6.45, 7) is 1.98. The molecule has 1 amide bonds. The number of rotatable bonds is 2. The molecule has 2 N–H and O–H groups in total. The number of hydrogen-bond acceptors (Lipinski definition) is 2. The molecule has 0 bridgehead atoms. The number of benzene rings is 1. The second-order valence-electron chi connectivity index (χ2n) is 3.12. The lowest BCUT2D eigenvalue weighted by Gasteiger charge is -1.93. The Hall–Kier alpha value is -1.77. The number of amides is 1. The highest BCUT2D eigenvalue weighted by atomic mass is 16.3. The van der Waals surface area contributed by atoms with Crippen molar-refractivity contribution in [2.24, 2.45) is 5.73 Å². The van der Waals surface area contributed by atoms with Crippen LogP contribution in [0.2, 0.25) is 0 Å². The highest BCUT2D eigenvalue weighted by Gasteiger charge is 2.15. The van der Waals surface area contributed by atoms with Crippen LogP contribution in [0.4, 0.5) is 0 Å². The maximum Gasteiger partial charge on any atom is 0.284 e. The Morgan fingerprint density at radius 3 is 2.79 bits per heavy atom. The molecule has 0 aliphatic rings. The first-order chi connectivity index (χ1) is 6.74. The molecular formula is C11H11NO2. The molecule has 72 valence electrons. The van der Waals surface area contributed by atoms with Gasteiger partial charge in [0.1, 0.15) is 5.58 Å². The molecule has 14 heavy (non-hydrogen) atoms. The second kappa shape index (κ2) is 3.18. The van der Waals surface area contributed by atoms with Crippen LogP contribution in [-0.2, 0) is 6.42 Å². The van der Waals surface area contributed by atoms with Crippen molar-refractivity contribution in [3.8, 4) is 0 Å². The Balaban J connectivity index is 2.78. The number of aryl methyl sites for hydroxylation is 1. The van der Waals surface area contributed by atoms with Gasteiger partial charge in [0.05, 0.1) is 0 Å². The molecule has 3 heteroatoms. The van der Waals surface area contributed by atoms with Crippen LogP contribution >= 0.6 is 0 Å². The Bertz CT molecular complexity index is 485. The molecule has 0 radical (unpaired) electrons. The van der Waals surface area contributed by atoms with E-state index in [2.05, 4.69) is 0 Å². The van der Waals surface area contributed by atoms with E-state index < -0.39 is 5.91 Å². The van der Waals surface area contributed by atoms with Gasteiger partial charge in [-0.15, -0.1) is 0 Å². The van der Waals surface area contributed by atoms with E-state index in [0.29, 0.717) is 0 Å². The second-order valence-corrected chi connectivity index (χ2v) is 3.12. The van der Waals surface area contributed by atoms with Crippen LogP contribution in [-0.4, -0.2) is 5.91 Å². The van der Waals surface area contributed by atoms with Gasteiger partial charge in [-0.25, -0.2) is 0 Å². The summed E-state index contributed by atoms with van der Waals surface area (Å²) in [6.07, 6.45) is 0.745. The van der Waals surface area contributed by atoms with Gasteiger partial charge < -0.3 is 10.2 Å². The van der Waals surface area contributed by atoms with Gasteiger partial charge in [-0.1, -0.05) is 25.1 Å². The fourth-order valence-corrected chi connectivity index (χ4v) is 1.65. The van der Waals surface area contributed by atoms with Crippen LogP contribution in [0.3, 0.4) is 0 Å². The lowest BCUT2D eigenvalue weighted by Crippen LogP contribution is -2.11. The Labute approximate surface area is 81.5 Å². The third-order valence-electron chi connectivity index (χ3n) is 2.28. The van der Waals surface area contributed by atoms with Gasteiger partial charge in [-0.3, -0.25) is 4.79 Å². The van der Waals surface area contributed by atoms with E-state index in [9.17, 15) is 4.79 Å². The van der Waals surface area contributed by atoms with Crippen LogP contribution in [0.1, 0.15) is 23.0 Å². The largest absolute Gasteiger partial charge is 0.451 e. The van der Waals surface area contributed by atoms with E-state index in [-0.39, 0.29) is 5.76 Å². The lowest BCUT2D eigenvalue weighted by molar-refractivity contribution is 0.0975. The predicted octanol–water partition coefficient (Wildman–Crippen LogP) is 2.09. The molecule has 2 aromatic rings. The summed E-state index contributed by atoms with van der Waals surface area (Å²) < 4.78 is 5.38. The van der Waals surface area contributed by atoms with Crippen LogP contribution in [0.25, 0.3) is 11.0 Å². The normalized spacial score (nSPS) is 10.6. The first-order valence-electron chi connectivity index (χ1n) is 4.54. The minimum atomic E-state index is -0.502. The molecule has 1 heterocycles. The zero-order valence-electron chi connectivity index (χ0n) is 7.91. The van der Waals surface area contributed by atoms with Crippen molar-refractivity contribution in [1.82, 2.24) is 0 Å². The maximum atomic E-state index is 11.1. The minimum absolute atomic E-state index is 0.286. The third kappa shape index (κ3) is 1.18. The fourth-order valence-electron chi connectivity index (χ4n) is 1.65. The highest BCUT2D eigenvalue weighted by molar-refractivity contribution is 5.98. The number of fused-ring (bicyclic) bond motifs is 1. The van der Waals surface area contributed by atoms with Gasteiger partial charge in [0.2, 0.25) is 0 Å². The van der Waals surface area contributed by atoms with E-state index in [1.807, 2.05) is 31.2 Å². The molecule has 0 aliphatic carbocycles. The smallest absolute Gasteiger partial charge is 0.284 e. The van der Waals surface area contributed by atoms with Crippen LogP contribution in [0.5, 0.6) is 0 Å². The predicted molar refractivity (Wildman–Crippen MR) is 54.1 cm³/mol. The lowest BCUT2D eigenvalue weighted by atomic mass is 10.1. The van der Waals surface area contributed by atoms with Crippen molar-refractivity contribution in [3.05, 3.63) is 35.6 Å². The molecule has 0 aliphatic heterocycles. The van der Waals surface area contributed by atoms with Crippen LogP contribution in [0.15, 0.2) is 28.7 Å². The van der Waals surface area contributed by atoms with E-state index in [4.69, 9.17) is 10.2 Å². The van der Waals surface area contributed by atoms with E-state index in [0.717, 1.165) is 23.0 Å². The Morgan fingerprint density at radius 2 is 2.14 bits per heavy atom. The van der Waals surface area contributed by atoms with Crippen molar-refractivity contribution in [2.75, 3.05) is 0 Å². The summed E-state index contributed by atoms with van der Waals surface area (Å²) in [5, 5.41) is 0.976. The first kappa shape index (κ1) is 8.81. The molecule has 2 rings (SSSR count). The topological polar surface area (TPSA) is 56.2 Å². The zero-order valence-corrected chi connectivity index (χ0v) is 7.91. The summed E-state index contributed by atoms with van der Waals surface area (Å²) in [6, 6.07) is 7.56. The number of furan rings is 1. The summed E-state index contributed by atoms with van der Waals surface area (Å²) in [5.74, 6) is -0.216. The number of para-hydroxylation sites is 1. The number of hydrogen-bond donors (Lipinski definition) is 1. The van der Waals surface area contributed by atoms with Crippen molar-refractivity contribution in [3.63, 3.8) is 0 Å². The highest BCUT2D eigenvalue weighted by Crippen LogP contribution is 2.25. The zero-order chi connectivity index (χ0) is 10.1. The number of carbonyl (C=O) groups excluding carboxylic acids is 1. The number of primary amides is 1. The molecule has 0 saturated carbocycles. The van der Waals surface area contributed by atoms with E-state index in [1.165, 1.54) is 0 Å². The SMILES string of the molecule is CCc1c(C(N)=O)oc2ccccc12. The molecule has 0 saturated heterocycles. The first-order valence-corrected chi connectivity index (χ1v) is 4.54. The van der Waals surface area contributed by atoms with Gasteiger partial charge >= 0.3 is 0 Å². The summed E-state index contributed by atoms with van der Waals surface area (Å²) in [7, 11) is 0.